The lowest BCUT2D eigenvalue weighted by atomic mass is 9.96. The Hall–Kier alpha value is -2.31. The zero-order chi connectivity index (χ0) is 19.7. The molecule has 0 aromatic heterocycles. The van der Waals surface area contributed by atoms with Gasteiger partial charge in [-0.3, -0.25) is 19.3 Å². The Morgan fingerprint density at radius 1 is 1.14 bits per heavy atom. The molecule has 0 bridgehead atoms. The summed E-state index contributed by atoms with van der Waals surface area (Å²) in [5, 5.41) is 3.49. The highest BCUT2D eigenvalue weighted by molar-refractivity contribution is 8.14. The van der Waals surface area contributed by atoms with Crippen LogP contribution < -0.4 is 5.32 Å². The van der Waals surface area contributed by atoms with Gasteiger partial charge in [0.25, 0.3) is 11.1 Å². The Kier molecular flexibility index (Phi) is 5.17. The zero-order valence-corrected chi connectivity index (χ0v) is 16.7. The molecule has 2 aromatic rings. The molecule has 28 heavy (non-hydrogen) atoms. The Morgan fingerprint density at radius 2 is 1.89 bits per heavy atom. The molecule has 1 saturated heterocycles. The molecule has 7 heteroatoms. The Balaban J connectivity index is 1.40. The van der Waals surface area contributed by atoms with Gasteiger partial charge in [0, 0.05) is 22.5 Å². The largest absolute Gasteiger partial charge is 0.351 e. The van der Waals surface area contributed by atoms with Crippen molar-refractivity contribution in [2.75, 3.05) is 12.3 Å². The minimum atomic E-state index is -0.238. The van der Waals surface area contributed by atoms with Gasteiger partial charge in [-0.1, -0.05) is 47.6 Å². The Bertz CT molecular complexity index is 925. The normalized spacial score (nSPS) is 17.7. The monoisotopic (exact) mass is 414 g/mol. The van der Waals surface area contributed by atoms with Gasteiger partial charge in [0.15, 0.2) is 0 Å². The van der Waals surface area contributed by atoms with Gasteiger partial charge in [0.05, 0.1) is 12.3 Å². The van der Waals surface area contributed by atoms with E-state index in [9.17, 15) is 14.4 Å². The van der Waals surface area contributed by atoms with Crippen molar-refractivity contribution < 1.29 is 14.4 Å². The third-order valence-corrected chi connectivity index (χ3v) is 6.38. The number of carbonyl (C=O) groups excluding carboxylic acids is 3. The topological polar surface area (TPSA) is 66.5 Å². The van der Waals surface area contributed by atoms with Crippen molar-refractivity contribution in [3.8, 4) is 0 Å². The van der Waals surface area contributed by atoms with E-state index >= 15 is 0 Å². The number of amides is 3. The molecule has 2 aliphatic rings. The molecular weight excluding hydrogens is 396 g/mol. The number of hydrogen-bond donors (Lipinski definition) is 1. The Labute approximate surface area is 172 Å². The second-order valence-electron chi connectivity index (χ2n) is 7.20. The van der Waals surface area contributed by atoms with E-state index in [-0.39, 0.29) is 34.8 Å². The molecule has 1 saturated carbocycles. The summed E-state index contributed by atoms with van der Waals surface area (Å²) < 4.78 is 0. The third kappa shape index (κ3) is 3.93. The van der Waals surface area contributed by atoms with Crippen LogP contribution >= 0.6 is 23.4 Å². The van der Waals surface area contributed by atoms with E-state index in [4.69, 9.17) is 11.6 Å². The second kappa shape index (κ2) is 7.60. The first kappa shape index (κ1) is 19.0. The molecule has 1 aliphatic heterocycles. The van der Waals surface area contributed by atoms with Gasteiger partial charge in [-0.05, 0) is 48.2 Å². The number of thioether (sulfide) groups is 1. The van der Waals surface area contributed by atoms with Gasteiger partial charge in [0.1, 0.15) is 0 Å². The molecule has 0 unspecified atom stereocenters. The van der Waals surface area contributed by atoms with Gasteiger partial charge >= 0.3 is 0 Å². The summed E-state index contributed by atoms with van der Waals surface area (Å²) in [5.74, 6) is -0.162. The minimum absolute atomic E-state index is 0.0104. The molecule has 1 N–H and O–H groups in total. The van der Waals surface area contributed by atoms with Crippen LogP contribution in [0.25, 0.3) is 0 Å². The van der Waals surface area contributed by atoms with Gasteiger partial charge in [0.2, 0.25) is 5.91 Å². The van der Waals surface area contributed by atoms with Crippen LogP contribution in [-0.2, 0) is 16.8 Å². The fourth-order valence-corrected chi connectivity index (χ4v) is 4.25. The number of halogens is 1. The summed E-state index contributed by atoms with van der Waals surface area (Å²) in [6, 6.07) is 14.9. The third-order valence-electron chi connectivity index (χ3n) is 5.27. The highest BCUT2D eigenvalue weighted by Crippen LogP contribution is 2.47. The molecule has 0 atom stereocenters. The first-order valence-electron chi connectivity index (χ1n) is 9.07. The van der Waals surface area contributed by atoms with Crippen molar-refractivity contribution in [1.29, 1.82) is 0 Å². The molecular formula is C21H19ClN2O3S. The van der Waals surface area contributed by atoms with E-state index in [0.717, 1.165) is 30.2 Å². The molecule has 3 amide bonds. The molecule has 1 heterocycles. The van der Waals surface area contributed by atoms with Crippen LogP contribution in [0, 0.1) is 0 Å². The summed E-state index contributed by atoms with van der Waals surface area (Å²) in [7, 11) is 0. The van der Waals surface area contributed by atoms with Crippen molar-refractivity contribution in [1.82, 2.24) is 10.2 Å². The van der Waals surface area contributed by atoms with Crippen molar-refractivity contribution >= 4 is 40.4 Å². The molecule has 4 rings (SSSR count). The molecule has 0 spiro atoms. The number of nitrogens with one attached hydrogen (secondary N) is 1. The smallest absolute Gasteiger partial charge is 0.289 e. The minimum Gasteiger partial charge on any atom is -0.351 e. The number of imide groups is 1. The maximum absolute atomic E-state index is 12.6. The van der Waals surface area contributed by atoms with Crippen LogP contribution in [0.3, 0.4) is 0 Å². The van der Waals surface area contributed by atoms with Gasteiger partial charge in [-0.2, -0.15) is 0 Å². The number of nitrogens with zero attached hydrogens (tertiary/aromatic N) is 1. The summed E-state index contributed by atoms with van der Waals surface area (Å²) in [5.41, 5.74) is 2.46. The molecule has 0 radical (unpaired) electrons. The highest BCUT2D eigenvalue weighted by atomic mass is 35.5. The fraction of sp³-hybridized carbons (Fsp3) is 0.286. The Morgan fingerprint density at radius 3 is 2.54 bits per heavy atom. The van der Waals surface area contributed by atoms with Crippen LogP contribution in [-0.4, -0.2) is 34.3 Å². The summed E-state index contributed by atoms with van der Waals surface area (Å²) in [4.78, 5) is 37.4. The highest BCUT2D eigenvalue weighted by Gasteiger charge is 2.44. The van der Waals surface area contributed by atoms with E-state index < -0.39 is 0 Å². The molecule has 2 aromatic carbocycles. The van der Waals surface area contributed by atoms with Crippen molar-refractivity contribution in [2.45, 2.75) is 24.8 Å². The van der Waals surface area contributed by atoms with Crippen LogP contribution in [0.5, 0.6) is 0 Å². The number of rotatable bonds is 6. The molecule has 5 nitrogen and oxygen atoms in total. The lowest BCUT2D eigenvalue weighted by Gasteiger charge is -2.17. The van der Waals surface area contributed by atoms with E-state index in [1.54, 1.807) is 18.2 Å². The van der Waals surface area contributed by atoms with E-state index in [0.29, 0.717) is 17.1 Å². The molecule has 144 valence electrons. The predicted molar refractivity (Wildman–Crippen MR) is 110 cm³/mol. The summed E-state index contributed by atoms with van der Waals surface area (Å²) in [6.07, 6.45) is 2.07. The average molecular weight is 415 g/mol. The van der Waals surface area contributed by atoms with Gasteiger partial charge in [-0.25, -0.2) is 0 Å². The lowest BCUT2D eigenvalue weighted by molar-refractivity contribution is -0.125. The predicted octanol–water partition coefficient (Wildman–Crippen LogP) is 4.00. The lowest BCUT2D eigenvalue weighted by Crippen LogP contribution is -2.32. The maximum atomic E-state index is 12.6. The first-order valence-corrected chi connectivity index (χ1v) is 10.4. The van der Waals surface area contributed by atoms with Crippen LogP contribution in [0.4, 0.5) is 4.79 Å². The average Bonchev–Trinajstić information content (AvgIpc) is 3.43. The van der Waals surface area contributed by atoms with Crippen LogP contribution in [0.15, 0.2) is 48.5 Å². The van der Waals surface area contributed by atoms with Gasteiger partial charge in [-0.15, -0.1) is 0 Å². The quantitative estimate of drug-likeness (QED) is 0.775. The van der Waals surface area contributed by atoms with Crippen LogP contribution in [0.2, 0.25) is 5.02 Å². The number of carbonyl (C=O) groups is 3. The maximum Gasteiger partial charge on any atom is 0.289 e. The van der Waals surface area contributed by atoms with Crippen molar-refractivity contribution in [2.24, 2.45) is 0 Å². The van der Waals surface area contributed by atoms with E-state index in [2.05, 4.69) is 5.32 Å². The van der Waals surface area contributed by atoms with Crippen molar-refractivity contribution in [3.05, 3.63) is 70.2 Å². The summed E-state index contributed by atoms with van der Waals surface area (Å²) >= 11 is 6.98. The SMILES string of the molecule is O=C(NCC1(c2ccc(Cl)cc2)CC1)c1cccc(CN2C(=O)CSC2=O)c1. The number of hydrogen-bond acceptors (Lipinski definition) is 4. The number of benzene rings is 2. The van der Waals surface area contributed by atoms with Crippen molar-refractivity contribution in [3.63, 3.8) is 0 Å². The standard InChI is InChI=1S/C21H19ClN2O3S/c22-17-6-4-16(5-7-17)21(8-9-21)13-23-19(26)15-3-1-2-14(10-15)11-24-18(25)12-28-20(24)27/h1-7,10H,8-9,11-13H2,(H,23,26). The molecule has 1 aliphatic carbocycles. The van der Waals surface area contributed by atoms with Gasteiger partial charge < -0.3 is 5.32 Å². The van der Waals surface area contributed by atoms with Crippen LogP contribution in [0.1, 0.15) is 34.3 Å². The first-order chi connectivity index (χ1) is 13.5. The fourth-order valence-electron chi connectivity index (χ4n) is 3.40. The molecule has 2 fully saturated rings. The summed E-state index contributed by atoms with van der Waals surface area (Å²) in [6.45, 7) is 0.762. The zero-order valence-electron chi connectivity index (χ0n) is 15.1. The van der Waals surface area contributed by atoms with E-state index in [1.165, 1.54) is 10.5 Å². The second-order valence-corrected chi connectivity index (χ2v) is 8.57. The van der Waals surface area contributed by atoms with E-state index in [1.807, 2.05) is 30.3 Å².